The smallest absolute Gasteiger partial charge is 0.255 e. The highest BCUT2D eigenvalue weighted by Crippen LogP contribution is 2.38. The quantitative estimate of drug-likeness (QED) is 0.601. The Labute approximate surface area is 193 Å². The van der Waals surface area contributed by atoms with Gasteiger partial charge >= 0.3 is 0 Å². The molecule has 1 aromatic rings. The van der Waals surface area contributed by atoms with E-state index < -0.39 is 0 Å². The minimum absolute atomic E-state index is 0. The number of rotatable bonds is 5. The molecule has 30 heavy (non-hydrogen) atoms. The van der Waals surface area contributed by atoms with Crippen LogP contribution < -0.4 is 15.8 Å². The average molecular weight is 503 g/mol. The van der Waals surface area contributed by atoms with E-state index in [2.05, 4.69) is 26.1 Å². The first kappa shape index (κ1) is 23.6. The van der Waals surface area contributed by atoms with Crippen LogP contribution in [0.4, 0.5) is 5.69 Å². The van der Waals surface area contributed by atoms with Crippen LogP contribution in [0.2, 0.25) is 0 Å². The SMILES string of the molecule is Cl.Nc1c(Br)cc(C(=O)NCC2CCN(CC3CCOCC3)CC2)c2c1CCCO2. The van der Waals surface area contributed by atoms with Crippen molar-refractivity contribution in [3.8, 4) is 5.75 Å². The van der Waals surface area contributed by atoms with Crippen molar-refractivity contribution in [2.24, 2.45) is 11.8 Å². The van der Waals surface area contributed by atoms with Crippen molar-refractivity contribution in [2.75, 3.05) is 51.7 Å². The topological polar surface area (TPSA) is 76.8 Å². The number of nitrogens with zero attached hydrogens (tertiary/aromatic N) is 1. The van der Waals surface area contributed by atoms with Gasteiger partial charge in [0.1, 0.15) is 5.75 Å². The van der Waals surface area contributed by atoms with E-state index in [1.165, 1.54) is 19.4 Å². The zero-order valence-corrected chi connectivity index (χ0v) is 19.9. The number of ether oxygens (including phenoxy) is 2. The summed E-state index contributed by atoms with van der Waals surface area (Å²) in [6.45, 7) is 6.66. The maximum absolute atomic E-state index is 12.9. The summed E-state index contributed by atoms with van der Waals surface area (Å²) in [5.41, 5.74) is 8.41. The lowest BCUT2D eigenvalue weighted by Gasteiger charge is -2.35. The highest BCUT2D eigenvalue weighted by atomic mass is 79.9. The zero-order chi connectivity index (χ0) is 20.2. The largest absolute Gasteiger partial charge is 0.492 e. The fraction of sp³-hybridized carbons (Fsp3) is 0.682. The second-order valence-corrected chi connectivity index (χ2v) is 9.44. The highest BCUT2D eigenvalue weighted by molar-refractivity contribution is 9.10. The molecule has 0 aromatic heterocycles. The van der Waals surface area contributed by atoms with E-state index in [9.17, 15) is 4.79 Å². The lowest BCUT2D eigenvalue weighted by atomic mass is 9.94. The summed E-state index contributed by atoms with van der Waals surface area (Å²) in [5.74, 6) is 1.93. The van der Waals surface area contributed by atoms with Crippen LogP contribution in [0.5, 0.6) is 5.75 Å². The molecule has 3 aliphatic rings. The molecule has 3 N–H and O–H groups in total. The van der Waals surface area contributed by atoms with Gasteiger partial charge in [-0.05, 0) is 85.4 Å². The van der Waals surface area contributed by atoms with E-state index in [1.54, 1.807) is 6.07 Å². The Bertz CT molecular complexity index is 735. The van der Waals surface area contributed by atoms with Crippen molar-refractivity contribution in [1.29, 1.82) is 0 Å². The number of carbonyl (C=O) groups is 1. The molecule has 4 rings (SSSR count). The van der Waals surface area contributed by atoms with E-state index in [4.69, 9.17) is 15.2 Å². The number of nitrogens with one attached hydrogen (secondary N) is 1. The number of likely N-dealkylation sites (tertiary alicyclic amines) is 1. The van der Waals surface area contributed by atoms with Gasteiger partial charge in [0, 0.05) is 36.3 Å². The Balaban J connectivity index is 0.00000256. The highest BCUT2D eigenvalue weighted by Gasteiger charge is 2.26. The van der Waals surface area contributed by atoms with Crippen LogP contribution in [0, 0.1) is 11.8 Å². The zero-order valence-electron chi connectivity index (χ0n) is 17.5. The lowest BCUT2D eigenvalue weighted by molar-refractivity contribution is 0.0467. The monoisotopic (exact) mass is 501 g/mol. The summed E-state index contributed by atoms with van der Waals surface area (Å²) in [6.07, 6.45) is 6.46. The predicted molar refractivity (Wildman–Crippen MR) is 125 cm³/mol. The summed E-state index contributed by atoms with van der Waals surface area (Å²) in [4.78, 5) is 15.5. The normalized spacial score (nSPS) is 20.7. The van der Waals surface area contributed by atoms with Crippen molar-refractivity contribution >= 4 is 39.9 Å². The van der Waals surface area contributed by atoms with Crippen LogP contribution in [-0.4, -0.2) is 56.8 Å². The number of halogens is 2. The van der Waals surface area contributed by atoms with Gasteiger partial charge in [-0.2, -0.15) is 0 Å². The molecule has 0 spiro atoms. The second-order valence-electron chi connectivity index (χ2n) is 8.59. The third kappa shape index (κ3) is 5.61. The Morgan fingerprint density at radius 2 is 1.90 bits per heavy atom. The number of nitrogens with two attached hydrogens (primary N) is 1. The maximum atomic E-state index is 12.9. The summed E-state index contributed by atoms with van der Waals surface area (Å²) < 4.78 is 12.1. The molecule has 2 saturated heterocycles. The number of amides is 1. The first-order valence-electron chi connectivity index (χ1n) is 10.9. The molecule has 0 bridgehead atoms. The van der Waals surface area contributed by atoms with Gasteiger partial charge in [-0.1, -0.05) is 0 Å². The van der Waals surface area contributed by atoms with E-state index in [1.807, 2.05) is 0 Å². The molecule has 0 unspecified atom stereocenters. The molecular weight excluding hydrogens is 470 g/mol. The summed E-state index contributed by atoms with van der Waals surface area (Å²) in [6, 6.07) is 1.80. The summed E-state index contributed by atoms with van der Waals surface area (Å²) in [5, 5.41) is 3.15. The lowest BCUT2D eigenvalue weighted by Crippen LogP contribution is -2.41. The Kier molecular flexibility index (Phi) is 8.69. The molecule has 6 nitrogen and oxygen atoms in total. The number of fused-ring (bicyclic) bond motifs is 1. The fourth-order valence-corrected chi connectivity index (χ4v) is 5.17. The van der Waals surface area contributed by atoms with Crippen molar-refractivity contribution in [2.45, 2.75) is 38.5 Å². The minimum atomic E-state index is -0.0616. The van der Waals surface area contributed by atoms with Crippen LogP contribution in [0.15, 0.2) is 10.5 Å². The summed E-state index contributed by atoms with van der Waals surface area (Å²) in [7, 11) is 0. The van der Waals surface area contributed by atoms with Gasteiger partial charge in [-0.3, -0.25) is 4.79 Å². The molecular formula is C22H33BrClN3O3. The van der Waals surface area contributed by atoms with Gasteiger partial charge in [0.05, 0.1) is 17.9 Å². The molecule has 0 saturated carbocycles. The average Bonchev–Trinajstić information content (AvgIpc) is 2.76. The summed E-state index contributed by atoms with van der Waals surface area (Å²) >= 11 is 3.49. The molecule has 3 aliphatic heterocycles. The third-order valence-corrected chi connectivity index (χ3v) is 7.21. The Morgan fingerprint density at radius 3 is 2.63 bits per heavy atom. The second kappa shape index (κ2) is 11.0. The van der Waals surface area contributed by atoms with Gasteiger partial charge in [-0.25, -0.2) is 0 Å². The van der Waals surface area contributed by atoms with E-state index in [0.29, 0.717) is 29.5 Å². The fourth-order valence-electron chi connectivity index (χ4n) is 4.70. The minimum Gasteiger partial charge on any atom is -0.492 e. The molecule has 8 heteroatoms. The number of benzene rings is 1. The van der Waals surface area contributed by atoms with Gasteiger partial charge < -0.3 is 25.4 Å². The van der Waals surface area contributed by atoms with Crippen molar-refractivity contribution < 1.29 is 14.3 Å². The van der Waals surface area contributed by atoms with Crippen LogP contribution >= 0.6 is 28.3 Å². The molecule has 168 valence electrons. The van der Waals surface area contributed by atoms with Crippen molar-refractivity contribution in [1.82, 2.24) is 10.2 Å². The van der Waals surface area contributed by atoms with Gasteiger partial charge in [0.15, 0.2) is 0 Å². The molecule has 1 amide bonds. The molecule has 2 fully saturated rings. The van der Waals surface area contributed by atoms with Crippen LogP contribution in [0.25, 0.3) is 0 Å². The number of hydrogen-bond acceptors (Lipinski definition) is 5. The molecule has 0 aliphatic carbocycles. The van der Waals surface area contributed by atoms with Gasteiger partial charge in [-0.15, -0.1) is 12.4 Å². The van der Waals surface area contributed by atoms with E-state index in [0.717, 1.165) is 74.5 Å². The van der Waals surface area contributed by atoms with Crippen LogP contribution in [-0.2, 0) is 11.2 Å². The Morgan fingerprint density at radius 1 is 1.17 bits per heavy atom. The van der Waals surface area contributed by atoms with E-state index >= 15 is 0 Å². The third-order valence-electron chi connectivity index (χ3n) is 6.55. The maximum Gasteiger partial charge on any atom is 0.255 e. The predicted octanol–water partition coefficient (Wildman–Crippen LogP) is 3.65. The van der Waals surface area contributed by atoms with Crippen molar-refractivity contribution in [3.05, 3.63) is 21.7 Å². The number of carbonyl (C=O) groups excluding carboxylic acids is 1. The first-order valence-corrected chi connectivity index (χ1v) is 11.7. The Hall–Kier alpha value is -1.02. The van der Waals surface area contributed by atoms with E-state index in [-0.39, 0.29) is 18.3 Å². The number of piperidine rings is 1. The van der Waals surface area contributed by atoms with Crippen LogP contribution in [0.1, 0.15) is 48.0 Å². The van der Waals surface area contributed by atoms with Gasteiger partial charge in [0.2, 0.25) is 0 Å². The molecule has 1 aromatic carbocycles. The number of nitrogen functional groups attached to an aromatic ring is 1. The number of hydrogen-bond donors (Lipinski definition) is 2. The number of anilines is 1. The molecule has 0 radical (unpaired) electrons. The molecule has 0 atom stereocenters. The van der Waals surface area contributed by atoms with Crippen LogP contribution in [0.3, 0.4) is 0 Å². The molecule has 3 heterocycles. The van der Waals surface area contributed by atoms with Gasteiger partial charge in [0.25, 0.3) is 5.91 Å². The first-order chi connectivity index (χ1) is 14.1. The standard InChI is InChI=1S/C22H32BrN3O3.ClH/c23-19-12-18(21-17(20(19)24)2-1-9-29-21)22(27)25-13-15-3-7-26(8-4-15)14-16-5-10-28-11-6-16;/h12,15-16H,1-11,13-14,24H2,(H,25,27);1H. The van der Waals surface area contributed by atoms with Crippen molar-refractivity contribution in [3.63, 3.8) is 0 Å².